The second-order valence-electron chi connectivity index (χ2n) is 6.02. The molecule has 0 fully saturated rings. The Morgan fingerprint density at radius 2 is 2.05 bits per heavy atom. The molecular weight excluding hydrogens is 294 g/mol. The van der Waals surface area contributed by atoms with E-state index in [9.17, 15) is 13.6 Å². The van der Waals surface area contributed by atoms with Gasteiger partial charge in [-0.25, -0.2) is 13.6 Å². The topological polar surface area (TPSA) is 68.2 Å². The molecule has 1 amide bonds. The van der Waals surface area contributed by atoms with Crippen LogP contribution >= 0.6 is 0 Å². The first-order chi connectivity index (χ1) is 10.1. The molecule has 0 aliphatic heterocycles. The number of alkyl carbamates (subject to hydrolysis) is 1. The average molecular weight is 318 g/mol. The largest absolute Gasteiger partial charge is 0.444 e. The Hall–Kier alpha value is -1.70. The zero-order valence-corrected chi connectivity index (χ0v) is 13.4. The first-order valence-electron chi connectivity index (χ1n) is 7.18. The molecule has 0 aliphatic rings. The van der Waals surface area contributed by atoms with Crippen LogP contribution in [-0.2, 0) is 17.8 Å². The van der Waals surface area contributed by atoms with Crippen molar-refractivity contribution in [3.8, 4) is 0 Å². The second kappa shape index (κ2) is 7.53. The minimum atomic E-state index is -3.06. The van der Waals surface area contributed by atoms with Gasteiger partial charge in [0.05, 0.1) is 19.3 Å². The van der Waals surface area contributed by atoms with Gasteiger partial charge in [0.1, 0.15) is 5.60 Å². The number of nitrogens with zero attached hydrogens (tertiary/aromatic N) is 2. The van der Waals surface area contributed by atoms with Gasteiger partial charge in [-0.2, -0.15) is 5.10 Å². The highest BCUT2D eigenvalue weighted by Gasteiger charge is 2.30. The second-order valence-corrected chi connectivity index (χ2v) is 6.02. The summed E-state index contributed by atoms with van der Waals surface area (Å²) in [5, 5.41) is 8.79. The fourth-order valence-electron chi connectivity index (χ4n) is 1.64. The smallest absolute Gasteiger partial charge is 0.407 e. The molecule has 2 N–H and O–H groups in total. The number of carbonyl (C=O) groups is 1. The molecule has 0 saturated heterocycles. The van der Waals surface area contributed by atoms with Crippen LogP contribution in [-0.4, -0.2) is 40.5 Å². The van der Waals surface area contributed by atoms with Gasteiger partial charge >= 0.3 is 6.09 Å². The Balaban J connectivity index is 2.29. The van der Waals surface area contributed by atoms with Crippen molar-refractivity contribution in [3.05, 3.63) is 18.0 Å². The Bertz CT molecular complexity index is 483. The van der Waals surface area contributed by atoms with Crippen molar-refractivity contribution in [2.75, 3.05) is 13.1 Å². The predicted octanol–water partition coefficient (Wildman–Crippen LogP) is 2.15. The molecule has 1 rings (SSSR count). The molecule has 126 valence electrons. The molecule has 0 bridgehead atoms. The number of aryl methyl sites for hydroxylation is 1. The third-order valence-corrected chi connectivity index (χ3v) is 2.61. The fourth-order valence-corrected chi connectivity index (χ4v) is 1.64. The molecule has 0 unspecified atom stereocenters. The molecule has 0 atom stereocenters. The number of aromatic nitrogens is 2. The van der Waals surface area contributed by atoms with Crippen LogP contribution in [0.4, 0.5) is 13.6 Å². The normalized spacial score (nSPS) is 12.3. The van der Waals surface area contributed by atoms with Gasteiger partial charge in [0.25, 0.3) is 5.92 Å². The third-order valence-electron chi connectivity index (χ3n) is 2.61. The van der Waals surface area contributed by atoms with E-state index in [1.54, 1.807) is 37.8 Å². The van der Waals surface area contributed by atoms with Crippen LogP contribution in [0.15, 0.2) is 12.4 Å². The molecular formula is C14H24F2N4O2. The third kappa shape index (κ3) is 7.35. The van der Waals surface area contributed by atoms with Gasteiger partial charge in [-0.15, -0.1) is 0 Å². The number of hydrogen-bond donors (Lipinski definition) is 2. The maximum atomic E-state index is 13.6. The van der Waals surface area contributed by atoms with Crippen LogP contribution in [0.2, 0.25) is 0 Å². The Morgan fingerprint density at radius 1 is 1.36 bits per heavy atom. The summed E-state index contributed by atoms with van der Waals surface area (Å²) >= 11 is 0. The number of carbonyl (C=O) groups excluding carboxylic acids is 1. The maximum Gasteiger partial charge on any atom is 0.407 e. The molecule has 1 aromatic rings. The van der Waals surface area contributed by atoms with Crippen molar-refractivity contribution in [3.63, 3.8) is 0 Å². The summed E-state index contributed by atoms with van der Waals surface area (Å²) in [5.41, 5.74) is 0.120. The predicted molar refractivity (Wildman–Crippen MR) is 78.8 cm³/mol. The molecule has 0 aromatic carbocycles. The van der Waals surface area contributed by atoms with Gasteiger partial charge in [0, 0.05) is 24.8 Å². The van der Waals surface area contributed by atoms with Crippen LogP contribution < -0.4 is 10.6 Å². The van der Waals surface area contributed by atoms with Gasteiger partial charge in [-0.05, 0) is 27.7 Å². The number of nitrogens with one attached hydrogen (secondary N) is 2. The van der Waals surface area contributed by atoms with Crippen molar-refractivity contribution in [2.45, 2.75) is 52.3 Å². The first kappa shape index (κ1) is 18.3. The number of alkyl halides is 2. The van der Waals surface area contributed by atoms with E-state index >= 15 is 0 Å². The molecule has 6 nitrogen and oxygen atoms in total. The molecule has 22 heavy (non-hydrogen) atoms. The summed E-state index contributed by atoms with van der Waals surface area (Å²) in [7, 11) is 0. The van der Waals surface area contributed by atoms with Crippen molar-refractivity contribution in [1.29, 1.82) is 0 Å². The fraction of sp³-hybridized carbons (Fsp3) is 0.714. The Kier molecular flexibility index (Phi) is 6.28. The molecule has 0 radical (unpaired) electrons. The van der Waals surface area contributed by atoms with Gasteiger partial charge in [0.15, 0.2) is 0 Å². The van der Waals surface area contributed by atoms with E-state index in [4.69, 9.17) is 4.74 Å². The summed E-state index contributed by atoms with van der Waals surface area (Å²) in [6.07, 6.45) is 2.58. The van der Waals surface area contributed by atoms with Crippen LogP contribution in [0.3, 0.4) is 0 Å². The van der Waals surface area contributed by atoms with Crippen LogP contribution in [0, 0.1) is 0 Å². The SMILES string of the molecule is CCn1cc(CNCC(F)(F)CNC(=O)OC(C)(C)C)cn1. The lowest BCUT2D eigenvalue weighted by molar-refractivity contribution is -0.00376. The quantitative estimate of drug-likeness (QED) is 0.808. The van der Waals surface area contributed by atoms with Crippen molar-refractivity contribution in [2.24, 2.45) is 0 Å². The highest BCUT2D eigenvalue weighted by molar-refractivity contribution is 5.67. The molecule has 0 saturated carbocycles. The molecule has 1 aromatic heterocycles. The van der Waals surface area contributed by atoms with E-state index in [1.807, 2.05) is 6.92 Å². The van der Waals surface area contributed by atoms with Gasteiger partial charge in [0.2, 0.25) is 0 Å². The maximum absolute atomic E-state index is 13.6. The first-order valence-corrected chi connectivity index (χ1v) is 7.18. The average Bonchev–Trinajstić information content (AvgIpc) is 2.82. The highest BCUT2D eigenvalue weighted by atomic mass is 19.3. The zero-order valence-electron chi connectivity index (χ0n) is 13.4. The summed E-state index contributed by atoms with van der Waals surface area (Å²) in [6, 6.07) is 0. The minimum Gasteiger partial charge on any atom is -0.444 e. The van der Waals surface area contributed by atoms with E-state index in [-0.39, 0.29) is 0 Å². The standard InChI is InChI=1S/C14H24F2N4O2/c1-5-20-8-11(7-19-20)6-17-9-14(15,16)10-18-12(21)22-13(2,3)4/h7-8,17H,5-6,9-10H2,1-4H3,(H,18,21). The minimum absolute atomic E-state index is 0.294. The van der Waals surface area contributed by atoms with Gasteiger partial charge < -0.3 is 15.4 Å². The lowest BCUT2D eigenvalue weighted by Crippen LogP contribution is -2.44. The van der Waals surface area contributed by atoms with E-state index < -0.39 is 30.7 Å². The van der Waals surface area contributed by atoms with Crippen molar-refractivity contribution in [1.82, 2.24) is 20.4 Å². The number of rotatable bonds is 7. The van der Waals surface area contributed by atoms with Crippen LogP contribution in [0.25, 0.3) is 0 Å². The van der Waals surface area contributed by atoms with Crippen molar-refractivity contribution < 1.29 is 18.3 Å². The number of hydrogen-bond acceptors (Lipinski definition) is 4. The molecule has 1 heterocycles. The van der Waals surface area contributed by atoms with Crippen LogP contribution in [0.1, 0.15) is 33.3 Å². The summed E-state index contributed by atoms with van der Waals surface area (Å²) in [6.45, 7) is 6.66. The number of ether oxygens (including phenoxy) is 1. The molecule has 0 spiro atoms. The van der Waals surface area contributed by atoms with Crippen LogP contribution in [0.5, 0.6) is 0 Å². The molecule has 8 heteroatoms. The van der Waals surface area contributed by atoms with E-state index in [2.05, 4.69) is 15.7 Å². The summed E-state index contributed by atoms with van der Waals surface area (Å²) < 4.78 is 33.9. The Morgan fingerprint density at radius 3 is 2.59 bits per heavy atom. The summed E-state index contributed by atoms with van der Waals surface area (Å²) in [4.78, 5) is 11.3. The highest BCUT2D eigenvalue weighted by Crippen LogP contribution is 2.12. The monoisotopic (exact) mass is 318 g/mol. The Labute approximate surface area is 129 Å². The zero-order chi connectivity index (χ0) is 16.8. The lowest BCUT2D eigenvalue weighted by atomic mass is 10.2. The van der Waals surface area contributed by atoms with Gasteiger partial charge in [-0.3, -0.25) is 4.68 Å². The molecule has 0 aliphatic carbocycles. The number of amides is 1. The van der Waals surface area contributed by atoms with E-state index in [0.717, 1.165) is 12.1 Å². The van der Waals surface area contributed by atoms with Gasteiger partial charge in [-0.1, -0.05) is 0 Å². The van der Waals surface area contributed by atoms with E-state index in [1.165, 1.54) is 0 Å². The lowest BCUT2D eigenvalue weighted by Gasteiger charge is -2.22. The van der Waals surface area contributed by atoms with E-state index in [0.29, 0.717) is 6.54 Å². The number of halogens is 2. The van der Waals surface area contributed by atoms with Crippen molar-refractivity contribution >= 4 is 6.09 Å². The summed E-state index contributed by atoms with van der Waals surface area (Å²) in [5.74, 6) is -3.06.